The first-order valence-electron chi connectivity index (χ1n) is 8.34. The highest BCUT2D eigenvalue weighted by molar-refractivity contribution is 8.01. The van der Waals surface area contributed by atoms with Crippen molar-refractivity contribution in [2.24, 2.45) is 0 Å². The molecule has 4 nitrogen and oxygen atoms in total. The van der Waals surface area contributed by atoms with E-state index in [4.69, 9.17) is 0 Å². The maximum atomic E-state index is 12.6. The van der Waals surface area contributed by atoms with Crippen molar-refractivity contribution < 1.29 is 4.79 Å². The van der Waals surface area contributed by atoms with Crippen LogP contribution in [0.1, 0.15) is 16.7 Å². The minimum atomic E-state index is -0.0294. The van der Waals surface area contributed by atoms with Gasteiger partial charge in [0.1, 0.15) is 0 Å². The summed E-state index contributed by atoms with van der Waals surface area (Å²) in [6.07, 6.45) is 6.34. The fraction of sp³-hybridized carbons (Fsp3) is 0.200. The van der Waals surface area contributed by atoms with Crippen molar-refractivity contribution in [2.45, 2.75) is 29.7 Å². The fourth-order valence-electron chi connectivity index (χ4n) is 3.09. The molecule has 0 radical (unpaired) electrons. The number of hydrogen-bond acceptors (Lipinski definition) is 3. The van der Waals surface area contributed by atoms with Crippen molar-refractivity contribution in [1.29, 1.82) is 0 Å². The Morgan fingerprint density at radius 3 is 2.76 bits per heavy atom. The molecule has 2 heterocycles. The topological polar surface area (TPSA) is 46.9 Å². The summed E-state index contributed by atoms with van der Waals surface area (Å²) in [5.74, 6) is 0.110. The molecular weight excluding hydrogens is 330 g/mol. The van der Waals surface area contributed by atoms with Crippen LogP contribution in [0.15, 0.2) is 72.1 Å². The van der Waals surface area contributed by atoms with E-state index in [2.05, 4.69) is 34.6 Å². The molecular formula is C20H19N3OS. The third-order valence-electron chi connectivity index (χ3n) is 4.42. The Bertz CT molecular complexity index is 851. The maximum absolute atomic E-state index is 12.6. The van der Waals surface area contributed by atoms with Crippen LogP contribution in [0.5, 0.6) is 0 Å². The van der Waals surface area contributed by atoms with Gasteiger partial charge in [0.15, 0.2) is 0 Å². The first-order valence-corrected chi connectivity index (χ1v) is 9.22. The molecule has 4 rings (SSSR count). The molecule has 1 aliphatic rings. The standard InChI is InChI=1S/C20H19N3OS/c24-20(19-11-15-5-3-4-8-18(15)25-19)22-12-16-6-1-2-7-17(16)13-23-10-9-21-14-23/h1-10,14,19H,11-13H2,(H,22,24). The van der Waals surface area contributed by atoms with Crippen molar-refractivity contribution in [3.63, 3.8) is 0 Å². The van der Waals surface area contributed by atoms with E-state index in [9.17, 15) is 4.79 Å². The van der Waals surface area contributed by atoms with Gasteiger partial charge in [-0.15, -0.1) is 11.8 Å². The molecule has 1 N–H and O–H groups in total. The van der Waals surface area contributed by atoms with Gasteiger partial charge in [-0.2, -0.15) is 0 Å². The predicted octanol–water partition coefficient (Wildman–Crippen LogP) is 3.26. The lowest BCUT2D eigenvalue weighted by Gasteiger charge is -2.13. The number of nitrogens with one attached hydrogen (secondary N) is 1. The molecule has 3 aromatic rings. The van der Waals surface area contributed by atoms with E-state index in [0.29, 0.717) is 6.54 Å². The Morgan fingerprint density at radius 2 is 1.96 bits per heavy atom. The number of fused-ring (bicyclic) bond motifs is 1. The number of imidazole rings is 1. The van der Waals surface area contributed by atoms with Crippen LogP contribution in [0.3, 0.4) is 0 Å². The predicted molar refractivity (Wildman–Crippen MR) is 99.4 cm³/mol. The summed E-state index contributed by atoms with van der Waals surface area (Å²) in [6.45, 7) is 1.31. The lowest BCUT2D eigenvalue weighted by Crippen LogP contribution is -2.32. The number of carbonyl (C=O) groups excluding carboxylic acids is 1. The van der Waals surface area contributed by atoms with E-state index in [1.54, 1.807) is 18.0 Å². The van der Waals surface area contributed by atoms with Gasteiger partial charge in [0.2, 0.25) is 5.91 Å². The monoisotopic (exact) mass is 349 g/mol. The zero-order valence-electron chi connectivity index (χ0n) is 13.8. The average Bonchev–Trinajstić information content (AvgIpc) is 3.30. The van der Waals surface area contributed by atoms with Gasteiger partial charge in [-0.05, 0) is 29.2 Å². The molecule has 0 spiro atoms. The van der Waals surface area contributed by atoms with E-state index in [0.717, 1.165) is 18.5 Å². The van der Waals surface area contributed by atoms with Crippen LogP contribution >= 0.6 is 11.8 Å². The Balaban J connectivity index is 1.40. The average molecular weight is 349 g/mol. The van der Waals surface area contributed by atoms with Gasteiger partial charge in [0.25, 0.3) is 0 Å². The van der Waals surface area contributed by atoms with Gasteiger partial charge in [0, 0.05) is 30.4 Å². The van der Waals surface area contributed by atoms with Crippen molar-refractivity contribution in [2.75, 3.05) is 0 Å². The maximum Gasteiger partial charge on any atom is 0.234 e. The quantitative estimate of drug-likeness (QED) is 0.769. The third-order valence-corrected chi connectivity index (χ3v) is 5.74. The second-order valence-electron chi connectivity index (χ2n) is 6.14. The number of carbonyl (C=O) groups is 1. The molecule has 2 aromatic carbocycles. The SMILES string of the molecule is O=C(NCc1ccccc1Cn1ccnc1)C1Cc2ccccc2S1. The van der Waals surface area contributed by atoms with Crippen molar-refractivity contribution in [3.05, 3.63) is 83.9 Å². The van der Waals surface area contributed by atoms with Crippen LogP contribution < -0.4 is 5.32 Å². The molecule has 1 amide bonds. The summed E-state index contributed by atoms with van der Waals surface area (Å²) in [5.41, 5.74) is 3.61. The largest absolute Gasteiger partial charge is 0.351 e. The highest BCUT2D eigenvalue weighted by Crippen LogP contribution is 2.36. The summed E-state index contributed by atoms with van der Waals surface area (Å²) in [6, 6.07) is 16.5. The van der Waals surface area contributed by atoms with Gasteiger partial charge in [-0.25, -0.2) is 4.98 Å². The molecule has 1 atom stereocenters. The molecule has 0 bridgehead atoms. The minimum absolute atomic E-state index is 0.0294. The molecule has 1 unspecified atom stereocenters. The number of rotatable bonds is 5. The number of aromatic nitrogens is 2. The van der Waals surface area contributed by atoms with E-state index in [-0.39, 0.29) is 11.2 Å². The van der Waals surface area contributed by atoms with Crippen LogP contribution in [0, 0.1) is 0 Å². The molecule has 0 aliphatic carbocycles. The van der Waals surface area contributed by atoms with Crippen molar-refractivity contribution >= 4 is 17.7 Å². The van der Waals surface area contributed by atoms with Crippen molar-refractivity contribution in [1.82, 2.24) is 14.9 Å². The van der Waals surface area contributed by atoms with Crippen LogP contribution in [-0.4, -0.2) is 20.7 Å². The van der Waals surface area contributed by atoms with Gasteiger partial charge < -0.3 is 9.88 Å². The molecule has 25 heavy (non-hydrogen) atoms. The molecule has 0 saturated heterocycles. The lowest BCUT2D eigenvalue weighted by atomic mass is 10.1. The molecule has 126 valence electrons. The zero-order chi connectivity index (χ0) is 17.1. The van der Waals surface area contributed by atoms with Crippen LogP contribution in [0.25, 0.3) is 0 Å². The molecule has 1 aliphatic heterocycles. The lowest BCUT2D eigenvalue weighted by molar-refractivity contribution is -0.120. The zero-order valence-corrected chi connectivity index (χ0v) is 14.6. The van der Waals surface area contributed by atoms with E-state index < -0.39 is 0 Å². The molecule has 0 fully saturated rings. The first kappa shape index (κ1) is 16.0. The second-order valence-corrected chi connectivity index (χ2v) is 7.38. The first-order chi connectivity index (χ1) is 12.3. The Hall–Kier alpha value is -2.53. The van der Waals surface area contributed by atoms with E-state index in [1.165, 1.54) is 16.0 Å². The highest BCUT2D eigenvalue weighted by atomic mass is 32.2. The summed E-state index contributed by atoms with van der Waals surface area (Å²) >= 11 is 1.66. The van der Waals surface area contributed by atoms with Gasteiger partial charge in [0.05, 0.1) is 11.6 Å². The van der Waals surface area contributed by atoms with Crippen LogP contribution in [-0.2, 0) is 24.3 Å². The molecule has 5 heteroatoms. The van der Waals surface area contributed by atoms with Gasteiger partial charge >= 0.3 is 0 Å². The van der Waals surface area contributed by atoms with Crippen LogP contribution in [0.2, 0.25) is 0 Å². The molecule has 0 saturated carbocycles. The van der Waals surface area contributed by atoms with Gasteiger partial charge in [-0.1, -0.05) is 42.5 Å². The number of thioether (sulfide) groups is 1. The number of benzene rings is 2. The van der Waals surface area contributed by atoms with Gasteiger partial charge in [-0.3, -0.25) is 4.79 Å². The summed E-state index contributed by atoms with van der Waals surface area (Å²) in [5, 5.41) is 3.08. The summed E-state index contributed by atoms with van der Waals surface area (Å²) in [7, 11) is 0. The van der Waals surface area contributed by atoms with Crippen molar-refractivity contribution in [3.8, 4) is 0 Å². The summed E-state index contributed by atoms with van der Waals surface area (Å²) in [4.78, 5) is 17.9. The normalized spacial score (nSPS) is 15.8. The number of nitrogens with zero attached hydrogens (tertiary/aromatic N) is 2. The number of hydrogen-bond donors (Lipinski definition) is 1. The minimum Gasteiger partial charge on any atom is -0.351 e. The summed E-state index contributed by atoms with van der Waals surface area (Å²) < 4.78 is 2.03. The number of amides is 1. The Labute approximate surface area is 151 Å². The Morgan fingerprint density at radius 1 is 1.16 bits per heavy atom. The Kier molecular flexibility index (Phi) is 4.57. The highest BCUT2D eigenvalue weighted by Gasteiger charge is 2.27. The smallest absolute Gasteiger partial charge is 0.234 e. The third kappa shape index (κ3) is 3.61. The second kappa shape index (κ2) is 7.15. The molecule has 1 aromatic heterocycles. The van der Waals surface area contributed by atoms with E-state index in [1.807, 2.05) is 41.4 Å². The van der Waals surface area contributed by atoms with Crippen LogP contribution in [0.4, 0.5) is 0 Å². The fourth-order valence-corrected chi connectivity index (χ4v) is 4.31. The van der Waals surface area contributed by atoms with E-state index >= 15 is 0 Å².